The molecule has 0 spiro atoms. The topological polar surface area (TPSA) is 43.8 Å². The molecule has 0 fully saturated rings. The molecule has 3 nitrogen and oxygen atoms in total. The van der Waals surface area contributed by atoms with E-state index in [0.717, 1.165) is 25.8 Å². The minimum Gasteiger partial charge on any atom is -0.330 e. The van der Waals surface area contributed by atoms with E-state index in [1.807, 2.05) is 17.9 Å². The molecule has 0 bridgehead atoms. The predicted octanol–water partition coefficient (Wildman–Crippen LogP) is 1.26. The van der Waals surface area contributed by atoms with Gasteiger partial charge in [-0.1, -0.05) is 13.3 Å². The normalized spacial score (nSPS) is 10.7. The molecule has 0 aliphatic carbocycles. The van der Waals surface area contributed by atoms with Gasteiger partial charge in [-0.15, -0.1) is 0 Å². The molecule has 1 rings (SSSR count). The minimum atomic E-state index is 0.761. The van der Waals surface area contributed by atoms with Crippen molar-refractivity contribution >= 4 is 0 Å². The Morgan fingerprint density at radius 2 is 2.23 bits per heavy atom. The van der Waals surface area contributed by atoms with E-state index in [0.29, 0.717) is 0 Å². The van der Waals surface area contributed by atoms with E-state index < -0.39 is 0 Å². The summed E-state index contributed by atoms with van der Waals surface area (Å²) < 4.78 is 1.97. The van der Waals surface area contributed by atoms with Crippen LogP contribution in [0.15, 0.2) is 6.20 Å². The van der Waals surface area contributed by atoms with Gasteiger partial charge in [0.2, 0.25) is 0 Å². The summed E-state index contributed by atoms with van der Waals surface area (Å²) in [6.07, 6.45) is 6.41. The quantitative estimate of drug-likeness (QED) is 0.743. The van der Waals surface area contributed by atoms with E-state index in [1.54, 1.807) is 0 Å². The minimum absolute atomic E-state index is 0.761. The third kappa shape index (κ3) is 2.56. The first kappa shape index (κ1) is 10.3. The molecule has 2 N–H and O–H groups in total. The number of aromatic nitrogens is 2. The summed E-state index contributed by atoms with van der Waals surface area (Å²) in [5.74, 6) is 0. The highest BCUT2D eigenvalue weighted by molar-refractivity contribution is 5.17. The van der Waals surface area contributed by atoms with Crippen LogP contribution in [-0.2, 0) is 19.9 Å². The van der Waals surface area contributed by atoms with Crippen LogP contribution in [0.1, 0.15) is 31.0 Å². The molecule has 74 valence electrons. The lowest BCUT2D eigenvalue weighted by Crippen LogP contribution is -2.05. The van der Waals surface area contributed by atoms with Crippen LogP contribution in [0.2, 0.25) is 0 Å². The van der Waals surface area contributed by atoms with Crippen LogP contribution in [0, 0.1) is 0 Å². The standard InChI is InChI=1S/C10H19N3/c1-3-5-9-8-12-13(2)10(9)6-4-7-11/h8H,3-7,11H2,1-2H3. The summed E-state index contributed by atoms with van der Waals surface area (Å²) >= 11 is 0. The van der Waals surface area contributed by atoms with Crippen LogP contribution in [0.25, 0.3) is 0 Å². The molecule has 0 amide bonds. The number of nitrogens with two attached hydrogens (primary N) is 1. The maximum absolute atomic E-state index is 5.49. The molecule has 1 heterocycles. The van der Waals surface area contributed by atoms with Crippen molar-refractivity contribution in [2.24, 2.45) is 12.8 Å². The Morgan fingerprint density at radius 3 is 2.85 bits per heavy atom. The van der Waals surface area contributed by atoms with Gasteiger partial charge < -0.3 is 5.73 Å². The van der Waals surface area contributed by atoms with E-state index >= 15 is 0 Å². The SMILES string of the molecule is CCCc1cnn(C)c1CCCN. The van der Waals surface area contributed by atoms with Gasteiger partial charge in [-0.25, -0.2) is 0 Å². The second-order valence-corrected chi connectivity index (χ2v) is 3.38. The molecule has 0 aliphatic heterocycles. The third-order valence-corrected chi connectivity index (χ3v) is 2.29. The molecule has 0 aliphatic rings. The van der Waals surface area contributed by atoms with Crippen molar-refractivity contribution in [2.45, 2.75) is 32.6 Å². The molecule has 1 aromatic heterocycles. The molecule has 0 atom stereocenters. The van der Waals surface area contributed by atoms with Crippen molar-refractivity contribution in [3.63, 3.8) is 0 Å². The van der Waals surface area contributed by atoms with E-state index in [4.69, 9.17) is 5.73 Å². The van der Waals surface area contributed by atoms with Crippen molar-refractivity contribution in [1.82, 2.24) is 9.78 Å². The van der Waals surface area contributed by atoms with Gasteiger partial charge in [0.1, 0.15) is 0 Å². The van der Waals surface area contributed by atoms with Gasteiger partial charge in [-0.05, 0) is 31.4 Å². The number of rotatable bonds is 5. The van der Waals surface area contributed by atoms with Crippen molar-refractivity contribution in [2.75, 3.05) is 6.54 Å². The van der Waals surface area contributed by atoms with Crippen molar-refractivity contribution in [3.05, 3.63) is 17.5 Å². The molecule has 3 heteroatoms. The fraction of sp³-hybridized carbons (Fsp3) is 0.700. The van der Waals surface area contributed by atoms with Crippen LogP contribution in [-0.4, -0.2) is 16.3 Å². The van der Waals surface area contributed by atoms with Gasteiger partial charge in [0.15, 0.2) is 0 Å². The summed E-state index contributed by atoms with van der Waals surface area (Å²) in [4.78, 5) is 0. The fourth-order valence-electron chi connectivity index (χ4n) is 1.58. The monoisotopic (exact) mass is 181 g/mol. The van der Waals surface area contributed by atoms with Crippen LogP contribution < -0.4 is 5.73 Å². The first-order valence-corrected chi connectivity index (χ1v) is 4.99. The van der Waals surface area contributed by atoms with Crippen molar-refractivity contribution in [1.29, 1.82) is 0 Å². The summed E-state index contributed by atoms with van der Waals surface area (Å²) in [5, 5.41) is 4.26. The maximum atomic E-state index is 5.49. The van der Waals surface area contributed by atoms with Gasteiger partial charge in [0.25, 0.3) is 0 Å². The highest BCUT2D eigenvalue weighted by Crippen LogP contribution is 2.11. The molecular weight excluding hydrogens is 162 g/mol. The summed E-state index contributed by atoms with van der Waals surface area (Å²) in [6, 6.07) is 0. The highest BCUT2D eigenvalue weighted by atomic mass is 15.3. The largest absolute Gasteiger partial charge is 0.330 e. The predicted molar refractivity (Wildman–Crippen MR) is 54.6 cm³/mol. The zero-order valence-corrected chi connectivity index (χ0v) is 8.58. The summed E-state index contributed by atoms with van der Waals surface area (Å²) in [6.45, 7) is 2.95. The van der Waals surface area contributed by atoms with Crippen LogP contribution in [0.4, 0.5) is 0 Å². The highest BCUT2D eigenvalue weighted by Gasteiger charge is 2.06. The fourth-order valence-corrected chi connectivity index (χ4v) is 1.58. The van der Waals surface area contributed by atoms with E-state index in [2.05, 4.69) is 12.0 Å². The van der Waals surface area contributed by atoms with E-state index in [1.165, 1.54) is 17.7 Å². The first-order chi connectivity index (χ1) is 6.29. The molecule has 0 aromatic carbocycles. The number of aryl methyl sites for hydroxylation is 2. The Bertz CT molecular complexity index is 253. The molecular formula is C10H19N3. The second kappa shape index (κ2) is 5.02. The molecule has 0 saturated carbocycles. The Hall–Kier alpha value is -0.830. The number of nitrogens with zero attached hydrogens (tertiary/aromatic N) is 2. The Labute approximate surface area is 79.9 Å². The van der Waals surface area contributed by atoms with Crippen molar-refractivity contribution < 1.29 is 0 Å². The molecule has 1 aromatic rings. The number of hydrogen-bond donors (Lipinski definition) is 1. The lowest BCUT2D eigenvalue weighted by atomic mass is 10.1. The Morgan fingerprint density at radius 1 is 1.46 bits per heavy atom. The Balaban J connectivity index is 2.69. The zero-order valence-electron chi connectivity index (χ0n) is 8.58. The van der Waals surface area contributed by atoms with Gasteiger partial charge in [0, 0.05) is 12.7 Å². The summed E-state index contributed by atoms with van der Waals surface area (Å²) in [5.41, 5.74) is 8.23. The van der Waals surface area contributed by atoms with E-state index in [-0.39, 0.29) is 0 Å². The molecule has 0 saturated heterocycles. The van der Waals surface area contributed by atoms with Crippen LogP contribution in [0.5, 0.6) is 0 Å². The first-order valence-electron chi connectivity index (χ1n) is 4.99. The van der Waals surface area contributed by atoms with Gasteiger partial charge in [0.05, 0.1) is 6.20 Å². The average Bonchev–Trinajstić information content (AvgIpc) is 2.45. The third-order valence-electron chi connectivity index (χ3n) is 2.29. The summed E-state index contributed by atoms with van der Waals surface area (Å²) in [7, 11) is 2.00. The van der Waals surface area contributed by atoms with Gasteiger partial charge >= 0.3 is 0 Å². The molecule has 0 unspecified atom stereocenters. The van der Waals surface area contributed by atoms with Gasteiger partial charge in [-0.2, -0.15) is 5.10 Å². The van der Waals surface area contributed by atoms with Crippen LogP contribution >= 0.6 is 0 Å². The number of hydrogen-bond acceptors (Lipinski definition) is 2. The van der Waals surface area contributed by atoms with Gasteiger partial charge in [-0.3, -0.25) is 4.68 Å². The van der Waals surface area contributed by atoms with Crippen LogP contribution in [0.3, 0.4) is 0 Å². The average molecular weight is 181 g/mol. The molecule has 13 heavy (non-hydrogen) atoms. The second-order valence-electron chi connectivity index (χ2n) is 3.38. The maximum Gasteiger partial charge on any atom is 0.0524 e. The zero-order chi connectivity index (χ0) is 9.68. The lowest BCUT2D eigenvalue weighted by Gasteiger charge is -2.03. The Kier molecular flexibility index (Phi) is 3.96. The van der Waals surface area contributed by atoms with E-state index in [9.17, 15) is 0 Å². The lowest BCUT2D eigenvalue weighted by molar-refractivity contribution is 0.680. The smallest absolute Gasteiger partial charge is 0.0524 e. The van der Waals surface area contributed by atoms with Crippen molar-refractivity contribution in [3.8, 4) is 0 Å². The molecule has 0 radical (unpaired) electrons.